The molecule has 0 fully saturated rings. The van der Waals surface area contributed by atoms with Gasteiger partial charge in [-0.1, -0.05) is 19.9 Å². The number of carbonyl (C=O) groups is 1. The molecule has 1 aliphatic carbocycles. The fourth-order valence-corrected chi connectivity index (χ4v) is 3.86. The maximum absolute atomic E-state index is 12.3. The van der Waals surface area contributed by atoms with E-state index in [0.29, 0.717) is 5.75 Å². The van der Waals surface area contributed by atoms with E-state index in [-0.39, 0.29) is 25.3 Å². The summed E-state index contributed by atoms with van der Waals surface area (Å²) >= 11 is 0. The highest BCUT2D eigenvalue weighted by Gasteiger charge is 2.25. The highest BCUT2D eigenvalue weighted by molar-refractivity contribution is 5.94. The molecule has 1 amide bonds. The van der Waals surface area contributed by atoms with Crippen molar-refractivity contribution < 1.29 is 14.3 Å². The third-order valence-electron chi connectivity index (χ3n) is 5.45. The van der Waals surface area contributed by atoms with Gasteiger partial charge in [0.25, 0.3) is 0 Å². The summed E-state index contributed by atoms with van der Waals surface area (Å²) in [5, 5.41) is 12.3. The summed E-state index contributed by atoms with van der Waals surface area (Å²) < 4.78 is 11.0. The molecule has 7 heteroatoms. The number of fused-ring (bicyclic) bond motifs is 2. The van der Waals surface area contributed by atoms with Crippen LogP contribution in [0.3, 0.4) is 0 Å². The Bertz CT molecular complexity index is 1050. The number of hydrogen-bond donors (Lipinski definition) is 2. The van der Waals surface area contributed by atoms with Gasteiger partial charge in [0.05, 0.1) is 17.9 Å². The first-order valence-electron chi connectivity index (χ1n) is 10.5. The van der Waals surface area contributed by atoms with Gasteiger partial charge in [-0.15, -0.1) is 0 Å². The number of carbonyl (C=O) groups excluding carboxylic acids is 1. The van der Waals surface area contributed by atoms with E-state index in [2.05, 4.69) is 35.4 Å². The predicted octanol–water partition coefficient (Wildman–Crippen LogP) is 4.15. The van der Waals surface area contributed by atoms with Crippen molar-refractivity contribution in [2.45, 2.75) is 39.7 Å². The van der Waals surface area contributed by atoms with Crippen LogP contribution in [0.4, 0.5) is 11.4 Å². The maximum Gasteiger partial charge on any atom is 0.238 e. The van der Waals surface area contributed by atoms with Gasteiger partial charge in [-0.25, -0.2) is 5.01 Å². The molecule has 162 valence electrons. The second-order valence-electron chi connectivity index (χ2n) is 8.08. The van der Waals surface area contributed by atoms with Crippen molar-refractivity contribution in [1.29, 1.82) is 0 Å². The molecule has 0 bridgehead atoms. The van der Waals surface area contributed by atoms with E-state index in [0.717, 1.165) is 41.2 Å². The van der Waals surface area contributed by atoms with E-state index in [1.54, 1.807) is 0 Å². The number of anilines is 2. The van der Waals surface area contributed by atoms with Crippen molar-refractivity contribution in [3.8, 4) is 11.5 Å². The molecular weight excluding hydrogens is 392 g/mol. The van der Waals surface area contributed by atoms with Crippen molar-refractivity contribution in [3.63, 3.8) is 0 Å². The van der Waals surface area contributed by atoms with Gasteiger partial charge in [-0.05, 0) is 55.2 Å². The fourth-order valence-electron chi connectivity index (χ4n) is 3.86. The predicted molar refractivity (Wildman–Crippen MR) is 124 cm³/mol. The molecule has 31 heavy (non-hydrogen) atoms. The van der Waals surface area contributed by atoms with Crippen LogP contribution in [0.25, 0.3) is 5.70 Å². The van der Waals surface area contributed by atoms with Crippen molar-refractivity contribution in [1.82, 2.24) is 5.32 Å². The lowest BCUT2D eigenvalue weighted by Gasteiger charge is -2.29. The SMILES string of the molecule is C=NN(C1=C(C)CCc2ccc(NC(=O)CNC(C)C)cc21)c1ccc2c(c1)OCO2. The van der Waals surface area contributed by atoms with Gasteiger partial charge in [0.2, 0.25) is 12.7 Å². The summed E-state index contributed by atoms with van der Waals surface area (Å²) in [5.41, 5.74) is 6.05. The molecule has 0 saturated heterocycles. The Morgan fingerprint density at radius 2 is 1.97 bits per heavy atom. The molecule has 2 aromatic carbocycles. The van der Waals surface area contributed by atoms with E-state index in [9.17, 15) is 4.79 Å². The van der Waals surface area contributed by atoms with Crippen molar-refractivity contribution >= 4 is 29.7 Å². The van der Waals surface area contributed by atoms with E-state index in [4.69, 9.17) is 9.47 Å². The molecule has 0 unspecified atom stereocenters. The van der Waals surface area contributed by atoms with E-state index >= 15 is 0 Å². The quantitative estimate of drug-likeness (QED) is 0.520. The van der Waals surface area contributed by atoms with E-state index < -0.39 is 0 Å². The molecular formula is C24H28N4O3. The molecule has 0 saturated carbocycles. The third kappa shape index (κ3) is 4.41. The van der Waals surface area contributed by atoms with Gasteiger partial charge in [-0.2, -0.15) is 5.10 Å². The molecule has 0 spiro atoms. The van der Waals surface area contributed by atoms with Crippen LogP contribution in [0.1, 0.15) is 38.3 Å². The summed E-state index contributed by atoms with van der Waals surface area (Å²) in [5.74, 6) is 1.35. The lowest BCUT2D eigenvalue weighted by Crippen LogP contribution is -2.32. The zero-order chi connectivity index (χ0) is 22.0. The smallest absolute Gasteiger partial charge is 0.238 e. The van der Waals surface area contributed by atoms with Crippen LogP contribution in [0.15, 0.2) is 47.1 Å². The summed E-state index contributed by atoms with van der Waals surface area (Å²) in [6, 6.07) is 12.0. The molecule has 0 atom stereocenters. The minimum Gasteiger partial charge on any atom is -0.454 e. The van der Waals surface area contributed by atoms with Gasteiger partial charge in [-0.3, -0.25) is 4.79 Å². The van der Waals surface area contributed by atoms with Crippen molar-refractivity contribution in [2.75, 3.05) is 23.7 Å². The van der Waals surface area contributed by atoms with Gasteiger partial charge in [0.15, 0.2) is 11.5 Å². The van der Waals surface area contributed by atoms with Crippen LogP contribution in [0, 0.1) is 0 Å². The summed E-state index contributed by atoms with van der Waals surface area (Å²) in [4.78, 5) is 12.3. The van der Waals surface area contributed by atoms with Crippen LogP contribution in [0.5, 0.6) is 11.5 Å². The number of rotatable bonds is 7. The third-order valence-corrected chi connectivity index (χ3v) is 5.45. The highest BCUT2D eigenvalue weighted by Crippen LogP contribution is 2.41. The molecule has 1 heterocycles. The number of hydrazone groups is 1. The molecule has 2 N–H and O–H groups in total. The second-order valence-corrected chi connectivity index (χ2v) is 8.08. The lowest BCUT2D eigenvalue weighted by molar-refractivity contribution is -0.115. The summed E-state index contributed by atoms with van der Waals surface area (Å²) in [6.45, 7) is 10.4. The highest BCUT2D eigenvalue weighted by atomic mass is 16.7. The number of allylic oxidation sites excluding steroid dienone is 1. The first kappa shape index (κ1) is 20.9. The van der Waals surface area contributed by atoms with Crippen LogP contribution < -0.4 is 25.1 Å². The van der Waals surface area contributed by atoms with Crippen molar-refractivity contribution in [2.24, 2.45) is 5.10 Å². The average Bonchev–Trinajstić information content (AvgIpc) is 3.22. The minimum absolute atomic E-state index is 0.0683. The number of ether oxygens (including phenoxy) is 2. The second kappa shape index (κ2) is 8.81. The minimum atomic E-state index is -0.0683. The normalized spacial score (nSPS) is 14.5. The Morgan fingerprint density at radius 3 is 2.74 bits per heavy atom. The number of amides is 1. The zero-order valence-corrected chi connectivity index (χ0v) is 18.2. The standard InChI is InChI=1S/C24H28N4O3/c1-15(2)26-13-23(29)27-18-8-7-17-6-5-16(3)24(20(17)11-18)28(25-4)19-9-10-21-22(12-19)31-14-30-21/h7-12,15,26H,4-6,13-14H2,1-3H3,(H,27,29). The van der Waals surface area contributed by atoms with Crippen LogP contribution in [-0.4, -0.2) is 32.0 Å². The Hall–Kier alpha value is -3.32. The van der Waals surface area contributed by atoms with Gasteiger partial charge >= 0.3 is 0 Å². The first-order chi connectivity index (χ1) is 15.0. The van der Waals surface area contributed by atoms with E-state index in [1.807, 2.05) is 49.2 Å². The topological polar surface area (TPSA) is 75.2 Å². The molecule has 7 nitrogen and oxygen atoms in total. The Labute approximate surface area is 182 Å². The molecule has 2 aromatic rings. The Morgan fingerprint density at radius 1 is 1.16 bits per heavy atom. The molecule has 0 radical (unpaired) electrons. The van der Waals surface area contributed by atoms with Gasteiger partial charge in [0, 0.05) is 30.1 Å². The number of hydrogen-bond acceptors (Lipinski definition) is 6. The molecule has 4 rings (SSSR count). The fraction of sp³-hybridized carbons (Fsp3) is 0.333. The number of aryl methyl sites for hydroxylation is 1. The van der Waals surface area contributed by atoms with Crippen LogP contribution in [-0.2, 0) is 11.2 Å². The largest absolute Gasteiger partial charge is 0.454 e. The number of nitrogens with zero attached hydrogens (tertiary/aromatic N) is 2. The lowest BCUT2D eigenvalue weighted by atomic mass is 9.89. The molecule has 0 aromatic heterocycles. The van der Waals surface area contributed by atoms with Crippen LogP contribution >= 0.6 is 0 Å². The summed E-state index contributed by atoms with van der Waals surface area (Å²) in [7, 11) is 0. The van der Waals surface area contributed by atoms with Crippen LogP contribution in [0.2, 0.25) is 0 Å². The molecule has 2 aliphatic rings. The zero-order valence-electron chi connectivity index (χ0n) is 18.2. The number of benzene rings is 2. The Kier molecular flexibility index (Phi) is 5.95. The average molecular weight is 421 g/mol. The monoisotopic (exact) mass is 420 g/mol. The van der Waals surface area contributed by atoms with Gasteiger partial charge in [0.1, 0.15) is 0 Å². The maximum atomic E-state index is 12.3. The summed E-state index contributed by atoms with van der Waals surface area (Å²) in [6.07, 6.45) is 1.88. The van der Waals surface area contributed by atoms with E-state index in [1.165, 1.54) is 11.1 Å². The van der Waals surface area contributed by atoms with Gasteiger partial charge < -0.3 is 20.1 Å². The Balaban J connectivity index is 1.65. The molecule has 1 aliphatic heterocycles. The first-order valence-corrected chi connectivity index (χ1v) is 10.5. The number of nitrogens with one attached hydrogen (secondary N) is 2. The van der Waals surface area contributed by atoms with Crippen molar-refractivity contribution in [3.05, 3.63) is 53.1 Å².